The van der Waals surface area contributed by atoms with Gasteiger partial charge in [0.05, 0.1) is 6.54 Å². The number of hydrogen-bond acceptors (Lipinski definition) is 6. The average molecular weight is 227 g/mol. The van der Waals surface area contributed by atoms with Gasteiger partial charge in [-0.3, -0.25) is 0 Å². The van der Waals surface area contributed by atoms with E-state index < -0.39 is 0 Å². The van der Waals surface area contributed by atoms with Crippen molar-refractivity contribution in [3.8, 4) is 0 Å². The fourth-order valence-electron chi connectivity index (χ4n) is 1.13. The van der Waals surface area contributed by atoms with E-state index in [4.69, 9.17) is 10.9 Å². The summed E-state index contributed by atoms with van der Waals surface area (Å²) in [6, 6.07) is 0. The SMILES string of the molecule is CC(C)(CCNCc1ncon1)C(N)=NO. The Labute approximate surface area is 93.7 Å². The Hall–Kier alpha value is -1.63. The second kappa shape index (κ2) is 5.45. The minimum Gasteiger partial charge on any atom is -0.409 e. The summed E-state index contributed by atoms with van der Waals surface area (Å²) in [6.45, 7) is 5.09. The molecule has 0 unspecified atom stereocenters. The van der Waals surface area contributed by atoms with E-state index in [-0.39, 0.29) is 11.3 Å². The molecule has 7 nitrogen and oxygen atoms in total. The number of nitrogens with zero attached hydrogens (tertiary/aromatic N) is 3. The zero-order valence-corrected chi connectivity index (χ0v) is 9.47. The van der Waals surface area contributed by atoms with Gasteiger partial charge in [-0.05, 0) is 13.0 Å². The van der Waals surface area contributed by atoms with Gasteiger partial charge in [0.1, 0.15) is 5.84 Å². The predicted octanol–water partition coefficient (Wildman–Crippen LogP) is 0.322. The van der Waals surface area contributed by atoms with Gasteiger partial charge in [-0.15, -0.1) is 0 Å². The molecule has 0 spiro atoms. The largest absolute Gasteiger partial charge is 0.409 e. The first-order chi connectivity index (χ1) is 7.56. The smallest absolute Gasteiger partial charge is 0.213 e. The number of oxime groups is 1. The molecule has 1 aromatic heterocycles. The molecule has 1 aromatic rings. The van der Waals surface area contributed by atoms with Gasteiger partial charge >= 0.3 is 0 Å². The number of hydrogen-bond donors (Lipinski definition) is 3. The molecule has 0 bridgehead atoms. The monoisotopic (exact) mass is 227 g/mol. The van der Waals surface area contributed by atoms with Crippen molar-refractivity contribution in [2.75, 3.05) is 6.54 Å². The lowest BCUT2D eigenvalue weighted by Crippen LogP contribution is -2.34. The van der Waals surface area contributed by atoms with Crippen LogP contribution in [0.4, 0.5) is 0 Å². The summed E-state index contributed by atoms with van der Waals surface area (Å²) in [5.41, 5.74) is 5.23. The van der Waals surface area contributed by atoms with Gasteiger partial charge in [0, 0.05) is 5.41 Å². The standard InChI is InChI=1S/C9H17N5O2/c1-9(2,8(10)13-15)3-4-11-5-7-12-6-16-14-7/h6,11,15H,3-5H2,1-2H3,(H2,10,13). The first kappa shape index (κ1) is 12.4. The molecular weight excluding hydrogens is 210 g/mol. The van der Waals surface area contributed by atoms with Crippen LogP contribution in [-0.4, -0.2) is 27.7 Å². The van der Waals surface area contributed by atoms with E-state index in [0.717, 1.165) is 13.0 Å². The lowest BCUT2D eigenvalue weighted by Gasteiger charge is -2.22. The molecule has 0 amide bonds. The lowest BCUT2D eigenvalue weighted by molar-refractivity contribution is 0.305. The van der Waals surface area contributed by atoms with Crippen molar-refractivity contribution in [3.63, 3.8) is 0 Å². The molecule has 7 heteroatoms. The van der Waals surface area contributed by atoms with Crippen LogP contribution >= 0.6 is 0 Å². The van der Waals surface area contributed by atoms with E-state index >= 15 is 0 Å². The van der Waals surface area contributed by atoms with Crippen LogP contribution in [0.5, 0.6) is 0 Å². The van der Waals surface area contributed by atoms with Crippen LogP contribution in [0.2, 0.25) is 0 Å². The summed E-state index contributed by atoms with van der Waals surface area (Å²) in [6.07, 6.45) is 2.04. The molecule has 0 aliphatic carbocycles. The highest BCUT2D eigenvalue weighted by Gasteiger charge is 2.22. The van der Waals surface area contributed by atoms with Crippen molar-refractivity contribution >= 4 is 5.84 Å². The summed E-state index contributed by atoms with van der Waals surface area (Å²) in [5.74, 6) is 0.843. The molecule has 4 N–H and O–H groups in total. The van der Waals surface area contributed by atoms with E-state index in [2.05, 4.69) is 25.1 Å². The van der Waals surface area contributed by atoms with Gasteiger partial charge in [-0.25, -0.2) is 0 Å². The van der Waals surface area contributed by atoms with Crippen LogP contribution in [0.3, 0.4) is 0 Å². The summed E-state index contributed by atoms with van der Waals surface area (Å²) in [4.78, 5) is 3.87. The van der Waals surface area contributed by atoms with Crippen LogP contribution in [0, 0.1) is 5.41 Å². The van der Waals surface area contributed by atoms with Gasteiger partial charge in [0.15, 0.2) is 5.82 Å². The van der Waals surface area contributed by atoms with Crippen molar-refractivity contribution < 1.29 is 9.73 Å². The molecule has 0 atom stereocenters. The molecule has 1 rings (SSSR count). The third-order valence-corrected chi connectivity index (χ3v) is 2.42. The molecule has 0 saturated carbocycles. The van der Waals surface area contributed by atoms with Crippen molar-refractivity contribution in [1.82, 2.24) is 15.5 Å². The topological polar surface area (TPSA) is 110 Å². The zero-order chi connectivity index (χ0) is 12.0. The third-order valence-electron chi connectivity index (χ3n) is 2.42. The maximum atomic E-state index is 8.59. The summed E-state index contributed by atoms with van der Waals surface area (Å²) in [5, 5.41) is 18.4. The van der Waals surface area contributed by atoms with Crippen LogP contribution in [-0.2, 0) is 6.54 Å². The van der Waals surface area contributed by atoms with Gasteiger partial charge in [-0.2, -0.15) is 4.98 Å². The number of nitrogens with two attached hydrogens (primary N) is 1. The lowest BCUT2D eigenvalue weighted by atomic mass is 9.88. The van der Waals surface area contributed by atoms with Crippen LogP contribution in [0.1, 0.15) is 26.1 Å². The molecular formula is C9H17N5O2. The minimum atomic E-state index is -0.334. The van der Waals surface area contributed by atoms with E-state index in [1.54, 1.807) is 0 Å². The highest BCUT2D eigenvalue weighted by atomic mass is 16.5. The number of amidine groups is 1. The molecule has 0 saturated heterocycles. The Kier molecular flexibility index (Phi) is 4.24. The minimum absolute atomic E-state index is 0.230. The van der Waals surface area contributed by atoms with Gasteiger partial charge in [-0.1, -0.05) is 24.2 Å². The Morgan fingerprint density at radius 1 is 1.69 bits per heavy atom. The molecule has 0 radical (unpaired) electrons. The maximum Gasteiger partial charge on any atom is 0.213 e. The van der Waals surface area contributed by atoms with Crippen molar-refractivity contribution in [3.05, 3.63) is 12.2 Å². The van der Waals surface area contributed by atoms with Gasteiger partial charge in [0.25, 0.3) is 0 Å². The van der Waals surface area contributed by atoms with Crippen LogP contribution in [0.15, 0.2) is 16.1 Å². The Balaban J connectivity index is 2.25. The molecule has 0 aliphatic heterocycles. The fraction of sp³-hybridized carbons (Fsp3) is 0.667. The predicted molar refractivity (Wildman–Crippen MR) is 57.8 cm³/mol. The van der Waals surface area contributed by atoms with Crippen LogP contribution < -0.4 is 11.1 Å². The van der Waals surface area contributed by atoms with Crippen molar-refractivity contribution in [2.45, 2.75) is 26.8 Å². The molecule has 16 heavy (non-hydrogen) atoms. The fourth-order valence-corrected chi connectivity index (χ4v) is 1.13. The Morgan fingerprint density at radius 2 is 2.44 bits per heavy atom. The maximum absolute atomic E-state index is 8.59. The van der Waals surface area contributed by atoms with Crippen molar-refractivity contribution in [1.29, 1.82) is 0 Å². The summed E-state index contributed by atoms with van der Waals surface area (Å²) < 4.78 is 4.59. The Bertz CT molecular complexity index is 334. The second-order valence-electron chi connectivity index (χ2n) is 4.14. The quantitative estimate of drug-likeness (QED) is 0.212. The number of rotatable bonds is 6. The van der Waals surface area contributed by atoms with Crippen LogP contribution in [0.25, 0.3) is 0 Å². The molecule has 90 valence electrons. The highest BCUT2D eigenvalue weighted by Crippen LogP contribution is 2.19. The van der Waals surface area contributed by atoms with E-state index in [1.165, 1.54) is 6.39 Å². The molecule has 0 aliphatic rings. The number of aromatic nitrogens is 2. The van der Waals surface area contributed by atoms with Gasteiger partial charge in [0.2, 0.25) is 6.39 Å². The molecule has 0 aromatic carbocycles. The second-order valence-corrected chi connectivity index (χ2v) is 4.14. The average Bonchev–Trinajstić information content (AvgIpc) is 2.76. The summed E-state index contributed by atoms with van der Waals surface area (Å²) in [7, 11) is 0. The highest BCUT2D eigenvalue weighted by molar-refractivity contribution is 5.85. The normalized spacial score (nSPS) is 13.0. The number of nitrogens with one attached hydrogen (secondary N) is 1. The van der Waals surface area contributed by atoms with Crippen molar-refractivity contribution in [2.24, 2.45) is 16.3 Å². The van der Waals surface area contributed by atoms with E-state index in [0.29, 0.717) is 12.4 Å². The Morgan fingerprint density at radius 3 is 3.00 bits per heavy atom. The van der Waals surface area contributed by atoms with E-state index in [9.17, 15) is 0 Å². The first-order valence-electron chi connectivity index (χ1n) is 5.00. The third kappa shape index (κ3) is 3.50. The summed E-state index contributed by atoms with van der Waals surface area (Å²) >= 11 is 0. The van der Waals surface area contributed by atoms with E-state index in [1.807, 2.05) is 13.8 Å². The molecule has 1 heterocycles. The van der Waals surface area contributed by atoms with Gasteiger partial charge < -0.3 is 20.8 Å². The first-order valence-corrected chi connectivity index (χ1v) is 5.00. The molecule has 0 fully saturated rings. The zero-order valence-electron chi connectivity index (χ0n) is 9.47.